The van der Waals surface area contributed by atoms with Gasteiger partial charge in [-0.05, 0) is 44.4 Å². The molecule has 24 heavy (non-hydrogen) atoms. The molecule has 4 nitrogen and oxygen atoms in total. The van der Waals surface area contributed by atoms with Crippen LogP contribution in [0.4, 0.5) is 0 Å². The van der Waals surface area contributed by atoms with Crippen LogP contribution < -0.4 is 5.32 Å². The first-order chi connectivity index (χ1) is 11.3. The molecule has 1 aromatic carbocycles. The number of amides is 1. The Balaban J connectivity index is 2.04. The van der Waals surface area contributed by atoms with Gasteiger partial charge in [-0.2, -0.15) is 5.10 Å². The third-order valence-electron chi connectivity index (χ3n) is 4.15. The van der Waals surface area contributed by atoms with Crippen LogP contribution in [0.5, 0.6) is 0 Å². The third kappa shape index (κ3) is 4.69. The molecule has 0 fully saturated rings. The Morgan fingerprint density at radius 2 is 1.83 bits per heavy atom. The van der Waals surface area contributed by atoms with Gasteiger partial charge in [-0.15, -0.1) is 0 Å². The van der Waals surface area contributed by atoms with Crippen LogP contribution >= 0.6 is 15.9 Å². The molecule has 1 amide bonds. The largest absolute Gasteiger partial charge is 0.349 e. The summed E-state index contributed by atoms with van der Waals surface area (Å²) in [4.78, 5) is 12.4. The lowest BCUT2D eigenvalue weighted by molar-refractivity contribution is -0.121. The molecule has 0 aliphatic heterocycles. The molecule has 0 aliphatic rings. The zero-order valence-corrected chi connectivity index (χ0v) is 16.6. The number of nitrogens with zero attached hydrogens (tertiary/aromatic N) is 2. The number of hydrogen-bond donors (Lipinski definition) is 1. The molecular formula is C19H26BrN3O. The minimum absolute atomic E-state index is 0.0167. The summed E-state index contributed by atoms with van der Waals surface area (Å²) >= 11 is 3.43. The first-order valence-corrected chi connectivity index (χ1v) is 9.15. The van der Waals surface area contributed by atoms with Crippen LogP contribution in [-0.2, 0) is 17.8 Å². The summed E-state index contributed by atoms with van der Waals surface area (Å²) in [6.07, 6.45) is 0.372. The zero-order chi connectivity index (χ0) is 17.9. The van der Waals surface area contributed by atoms with Gasteiger partial charge in [0.05, 0.1) is 18.2 Å². The normalized spacial score (nSPS) is 12.5. The van der Waals surface area contributed by atoms with Gasteiger partial charge in [0.15, 0.2) is 0 Å². The molecule has 2 aromatic rings. The summed E-state index contributed by atoms with van der Waals surface area (Å²) in [6.45, 7) is 11.2. The van der Waals surface area contributed by atoms with Crippen LogP contribution in [-0.4, -0.2) is 15.7 Å². The van der Waals surface area contributed by atoms with Gasteiger partial charge < -0.3 is 5.32 Å². The lowest BCUT2D eigenvalue weighted by atomic mass is 10.1. The molecule has 0 saturated carbocycles. The molecule has 1 heterocycles. The van der Waals surface area contributed by atoms with Crippen molar-refractivity contribution < 1.29 is 4.79 Å². The highest BCUT2D eigenvalue weighted by molar-refractivity contribution is 9.10. The Morgan fingerprint density at radius 3 is 2.42 bits per heavy atom. The lowest BCUT2D eigenvalue weighted by Gasteiger charge is -2.15. The molecule has 0 radical (unpaired) electrons. The Hall–Kier alpha value is -1.62. The number of aromatic nitrogens is 2. The summed E-state index contributed by atoms with van der Waals surface area (Å²) < 4.78 is 3.05. The van der Waals surface area contributed by atoms with Crippen molar-refractivity contribution in [2.45, 2.75) is 53.6 Å². The predicted octanol–water partition coefficient (Wildman–Crippen LogP) is 4.34. The average Bonchev–Trinajstić information content (AvgIpc) is 2.74. The molecule has 0 aliphatic carbocycles. The maximum atomic E-state index is 12.4. The Labute approximate surface area is 152 Å². The lowest BCUT2D eigenvalue weighted by Crippen LogP contribution is -2.28. The summed E-state index contributed by atoms with van der Waals surface area (Å²) in [5.74, 6) is 0.558. The Kier molecular flexibility index (Phi) is 6.21. The van der Waals surface area contributed by atoms with Gasteiger partial charge in [0, 0.05) is 22.3 Å². The summed E-state index contributed by atoms with van der Waals surface area (Å²) in [5, 5.41) is 7.66. The number of halogens is 1. The highest BCUT2D eigenvalue weighted by Gasteiger charge is 2.17. The highest BCUT2D eigenvalue weighted by atomic mass is 79.9. The topological polar surface area (TPSA) is 46.9 Å². The van der Waals surface area contributed by atoms with E-state index in [0.717, 1.165) is 33.5 Å². The monoisotopic (exact) mass is 391 g/mol. The molecule has 0 saturated heterocycles. The molecule has 0 spiro atoms. The van der Waals surface area contributed by atoms with E-state index in [1.54, 1.807) is 0 Å². The van der Waals surface area contributed by atoms with Gasteiger partial charge in [0.2, 0.25) is 5.91 Å². The van der Waals surface area contributed by atoms with Crippen LogP contribution in [0.15, 0.2) is 28.7 Å². The zero-order valence-electron chi connectivity index (χ0n) is 15.1. The van der Waals surface area contributed by atoms with E-state index in [2.05, 4.69) is 40.2 Å². The van der Waals surface area contributed by atoms with E-state index in [4.69, 9.17) is 0 Å². The smallest absolute Gasteiger partial charge is 0.225 e. The number of benzene rings is 1. The molecule has 130 valence electrons. The van der Waals surface area contributed by atoms with E-state index in [-0.39, 0.29) is 11.9 Å². The molecule has 1 N–H and O–H groups in total. The minimum atomic E-state index is -0.0167. The number of hydrogen-bond acceptors (Lipinski definition) is 2. The summed E-state index contributed by atoms with van der Waals surface area (Å²) in [7, 11) is 0. The molecule has 1 aromatic heterocycles. The Morgan fingerprint density at radius 1 is 1.21 bits per heavy atom. The predicted molar refractivity (Wildman–Crippen MR) is 101 cm³/mol. The molecule has 5 heteroatoms. The number of carbonyl (C=O) groups is 1. The van der Waals surface area contributed by atoms with Gasteiger partial charge in [-0.3, -0.25) is 9.48 Å². The van der Waals surface area contributed by atoms with Crippen molar-refractivity contribution >= 4 is 21.8 Å². The van der Waals surface area contributed by atoms with Crippen LogP contribution in [0.2, 0.25) is 0 Å². The SMILES string of the molecule is Cc1nn(CC(C)C)c(C)c1CC(=O)NC(C)c1ccc(Br)cc1. The average molecular weight is 392 g/mol. The van der Waals surface area contributed by atoms with Crippen molar-refractivity contribution in [3.8, 4) is 0 Å². The number of carbonyl (C=O) groups excluding carboxylic acids is 1. The fraction of sp³-hybridized carbons (Fsp3) is 0.474. The van der Waals surface area contributed by atoms with Gasteiger partial charge in [-0.25, -0.2) is 0 Å². The minimum Gasteiger partial charge on any atom is -0.349 e. The van der Waals surface area contributed by atoms with Crippen LogP contribution in [0.25, 0.3) is 0 Å². The Bertz CT molecular complexity index is 704. The van der Waals surface area contributed by atoms with E-state index >= 15 is 0 Å². The third-order valence-corrected chi connectivity index (χ3v) is 4.68. The number of aryl methyl sites for hydroxylation is 1. The molecule has 1 unspecified atom stereocenters. The second kappa shape index (κ2) is 7.97. The molecule has 2 rings (SSSR count). The first-order valence-electron chi connectivity index (χ1n) is 8.35. The van der Waals surface area contributed by atoms with Gasteiger partial charge in [-0.1, -0.05) is 41.9 Å². The van der Waals surface area contributed by atoms with E-state index in [0.29, 0.717) is 12.3 Å². The second-order valence-electron chi connectivity index (χ2n) is 6.74. The second-order valence-corrected chi connectivity index (χ2v) is 7.66. The van der Waals surface area contributed by atoms with Crippen molar-refractivity contribution in [1.29, 1.82) is 0 Å². The van der Waals surface area contributed by atoms with Gasteiger partial charge in [0.1, 0.15) is 0 Å². The van der Waals surface area contributed by atoms with Crippen molar-refractivity contribution in [1.82, 2.24) is 15.1 Å². The van der Waals surface area contributed by atoms with Crippen molar-refractivity contribution in [2.24, 2.45) is 5.92 Å². The number of rotatable bonds is 6. The van der Waals surface area contributed by atoms with Crippen LogP contribution in [0.3, 0.4) is 0 Å². The van der Waals surface area contributed by atoms with Crippen molar-refractivity contribution in [3.63, 3.8) is 0 Å². The first kappa shape index (κ1) is 18.7. The maximum Gasteiger partial charge on any atom is 0.225 e. The van der Waals surface area contributed by atoms with E-state index in [1.807, 2.05) is 49.7 Å². The fourth-order valence-corrected chi connectivity index (χ4v) is 3.07. The van der Waals surface area contributed by atoms with E-state index in [1.165, 1.54) is 0 Å². The van der Waals surface area contributed by atoms with Crippen molar-refractivity contribution in [2.75, 3.05) is 0 Å². The van der Waals surface area contributed by atoms with Crippen molar-refractivity contribution in [3.05, 3.63) is 51.3 Å². The standard InChI is InChI=1S/C19H26BrN3O/c1-12(2)11-23-15(5)18(14(4)22-23)10-19(24)21-13(3)16-6-8-17(20)9-7-16/h6-9,12-13H,10-11H2,1-5H3,(H,21,24). The summed E-state index contributed by atoms with van der Waals surface area (Å²) in [5.41, 5.74) is 4.17. The summed E-state index contributed by atoms with van der Waals surface area (Å²) in [6, 6.07) is 8.00. The fourth-order valence-electron chi connectivity index (χ4n) is 2.80. The van der Waals surface area contributed by atoms with Gasteiger partial charge >= 0.3 is 0 Å². The molecule has 1 atom stereocenters. The molecule has 0 bridgehead atoms. The van der Waals surface area contributed by atoms with E-state index < -0.39 is 0 Å². The van der Waals surface area contributed by atoms with Crippen LogP contribution in [0.1, 0.15) is 49.3 Å². The number of nitrogens with one attached hydrogen (secondary N) is 1. The van der Waals surface area contributed by atoms with Crippen LogP contribution in [0, 0.1) is 19.8 Å². The van der Waals surface area contributed by atoms with E-state index in [9.17, 15) is 4.79 Å². The molecular weight excluding hydrogens is 366 g/mol. The van der Waals surface area contributed by atoms with Gasteiger partial charge in [0.25, 0.3) is 0 Å². The highest BCUT2D eigenvalue weighted by Crippen LogP contribution is 2.18. The quantitative estimate of drug-likeness (QED) is 0.795. The maximum absolute atomic E-state index is 12.4.